The summed E-state index contributed by atoms with van der Waals surface area (Å²) in [6, 6.07) is 7.84. The van der Waals surface area contributed by atoms with Crippen molar-refractivity contribution in [3.8, 4) is 5.75 Å². The molecule has 0 aliphatic heterocycles. The number of hydrogen-bond donors (Lipinski definition) is 2. The number of rotatable bonds is 6. The van der Waals surface area contributed by atoms with E-state index in [0.29, 0.717) is 17.3 Å². The number of H-pyrrole nitrogens is 1. The van der Waals surface area contributed by atoms with Gasteiger partial charge in [0.05, 0.1) is 0 Å². The minimum Gasteiger partial charge on any atom is -0.487 e. The summed E-state index contributed by atoms with van der Waals surface area (Å²) in [5.41, 5.74) is 2.27. The molecule has 2 aromatic rings. The summed E-state index contributed by atoms with van der Waals surface area (Å²) in [5.74, 6) is 0.181. The largest absolute Gasteiger partial charge is 0.487 e. The predicted octanol–water partition coefficient (Wildman–Crippen LogP) is 3.51. The lowest BCUT2D eigenvalue weighted by molar-refractivity contribution is 0.0693. The molecule has 1 aromatic heterocycles. The van der Waals surface area contributed by atoms with Gasteiger partial charge in [0.1, 0.15) is 23.6 Å². The highest BCUT2D eigenvalue weighted by Gasteiger charge is 2.18. The molecule has 1 aromatic carbocycles. The van der Waals surface area contributed by atoms with Crippen molar-refractivity contribution in [2.24, 2.45) is 0 Å². The molecule has 0 saturated carbocycles. The second-order valence-electron chi connectivity index (χ2n) is 5.11. The number of aryl methyl sites for hydroxylation is 1. The summed E-state index contributed by atoms with van der Waals surface area (Å²) in [6.07, 6.45) is 1.02. The Hall–Kier alpha value is -2.30. The Kier molecular flexibility index (Phi) is 4.62. The highest BCUT2D eigenvalue weighted by Crippen LogP contribution is 2.29. The van der Waals surface area contributed by atoms with Gasteiger partial charge < -0.3 is 9.84 Å². The van der Waals surface area contributed by atoms with Crippen LogP contribution < -0.4 is 4.74 Å². The van der Waals surface area contributed by atoms with Crippen LogP contribution in [0, 0.1) is 6.92 Å². The number of aromatic carboxylic acids is 1. The Balaban J connectivity index is 2.19. The highest BCUT2D eigenvalue weighted by atomic mass is 16.5. The number of benzene rings is 1. The van der Waals surface area contributed by atoms with Crippen molar-refractivity contribution in [1.29, 1.82) is 0 Å². The quantitative estimate of drug-likeness (QED) is 0.853. The Morgan fingerprint density at radius 2 is 2.14 bits per heavy atom. The summed E-state index contributed by atoms with van der Waals surface area (Å²) >= 11 is 0. The van der Waals surface area contributed by atoms with Gasteiger partial charge in [0.25, 0.3) is 0 Å². The monoisotopic (exact) mass is 288 g/mol. The number of nitrogens with one attached hydrogen (secondary N) is 1. The van der Waals surface area contributed by atoms with Crippen molar-refractivity contribution in [3.05, 3.63) is 46.8 Å². The van der Waals surface area contributed by atoms with Crippen LogP contribution in [0.3, 0.4) is 0 Å². The van der Waals surface area contributed by atoms with Crippen LogP contribution in [0.25, 0.3) is 0 Å². The summed E-state index contributed by atoms with van der Waals surface area (Å²) in [6.45, 7) is 6.09. The van der Waals surface area contributed by atoms with Gasteiger partial charge in [-0.3, -0.25) is 5.10 Å². The Morgan fingerprint density at radius 3 is 2.81 bits per heavy atom. The maximum absolute atomic E-state index is 11.2. The topological polar surface area (TPSA) is 75.2 Å². The van der Waals surface area contributed by atoms with Crippen molar-refractivity contribution in [2.75, 3.05) is 0 Å². The Bertz CT molecular complexity index is 634. The first-order valence-corrected chi connectivity index (χ1v) is 7.03. The number of ether oxygens (including phenoxy) is 1. The van der Waals surface area contributed by atoms with Gasteiger partial charge in [0.2, 0.25) is 0 Å². The third-order valence-corrected chi connectivity index (χ3v) is 3.66. The van der Waals surface area contributed by atoms with E-state index in [1.54, 1.807) is 6.92 Å². The van der Waals surface area contributed by atoms with Gasteiger partial charge in [-0.05, 0) is 30.9 Å². The van der Waals surface area contributed by atoms with Crippen LogP contribution in [0.1, 0.15) is 53.5 Å². The van der Waals surface area contributed by atoms with E-state index in [2.05, 4.69) is 24.0 Å². The zero-order valence-corrected chi connectivity index (χ0v) is 12.5. The number of aromatic nitrogens is 2. The Labute approximate surface area is 124 Å². The van der Waals surface area contributed by atoms with Gasteiger partial charge in [0, 0.05) is 5.69 Å². The van der Waals surface area contributed by atoms with Crippen LogP contribution in [0.5, 0.6) is 5.75 Å². The van der Waals surface area contributed by atoms with E-state index >= 15 is 0 Å². The molecule has 0 bridgehead atoms. The molecule has 0 spiro atoms. The normalized spacial score (nSPS) is 12.1. The van der Waals surface area contributed by atoms with E-state index in [-0.39, 0.29) is 12.2 Å². The number of carbonyl (C=O) groups is 1. The van der Waals surface area contributed by atoms with Crippen molar-refractivity contribution < 1.29 is 14.6 Å². The summed E-state index contributed by atoms with van der Waals surface area (Å²) in [4.78, 5) is 11.2. The average Bonchev–Trinajstić information content (AvgIpc) is 2.85. The van der Waals surface area contributed by atoms with Crippen LogP contribution in [0.15, 0.2) is 24.3 Å². The molecular formula is C16H20N2O3. The molecular weight excluding hydrogens is 268 g/mol. The zero-order chi connectivity index (χ0) is 15.4. The summed E-state index contributed by atoms with van der Waals surface area (Å²) in [5, 5.41) is 15.9. The van der Waals surface area contributed by atoms with E-state index in [4.69, 9.17) is 4.74 Å². The first-order valence-electron chi connectivity index (χ1n) is 7.03. The lowest BCUT2D eigenvalue weighted by atomic mass is 9.98. The fourth-order valence-corrected chi connectivity index (χ4v) is 2.25. The predicted molar refractivity (Wildman–Crippen MR) is 79.8 cm³/mol. The standard InChI is InChI=1S/C16H20N2O3/c1-4-10(2)12-7-5-6-8-14(12)21-9-13-15(16(19)20)11(3)17-18-13/h5-8,10H,4,9H2,1-3H3,(H,17,18)(H,19,20). The van der Waals surface area contributed by atoms with Crippen molar-refractivity contribution >= 4 is 5.97 Å². The van der Waals surface area contributed by atoms with Crippen molar-refractivity contribution in [2.45, 2.75) is 39.7 Å². The fourth-order valence-electron chi connectivity index (χ4n) is 2.25. The number of carboxylic acids is 1. The molecule has 2 rings (SSSR count). The van der Waals surface area contributed by atoms with Gasteiger partial charge in [-0.25, -0.2) is 4.79 Å². The van der Waals surface area contributed by atoms with Crippen molar-refractivity contribution in [3.63, 3.8) is 0 Å². The number of nitrogens with zero attached hydrogens (tertiary/aromatic N) is 1. The van der Waals surface area contributed by atoms with Crippen LogP contribution in [-0.2, 0) is 6.61 Å². The maximum Gasteiger partial charge on any atom is 0.339 e. The lowest BCUT2D eigenvalue weighted by Gasteiger charge is -2.15. The minimum atomic E-state index is -0.991. The number of aromatic amines is 1. The van der Waals surface area contributed by atoms with Gasteiger partial charge in [-0.15, -0.1) is 0 Å². The number of hydrogen-bond acceptors (Lipinski definition) is 3. The van der Waals surface area contributed by atoms with E-state index < -0.39 is 5.97 Å². The molecule has 5 heteroatoms. The molecule has 112 valence electrons. The maximum atomic E-state index is 11.2. The molecule has 0 aliphatic carbocycles. The third kappa shape index (κ3) is 3.24. The molecule has 0 fully saturated rings. The second-order valence-corrected chi connectivity index (χ2v) is 5.11. The van der Waals surface area contributed by atoms with Gasteiger partial charge in [-0.2, -0.15) is 5.10 Å². The summed E-state index contributed by atoms with van der Waals surface area (Å²) in [7, 11) is 0. The highest BCUT2D eigenvalue weighted by molar-refractivity contribution is 5.90. The summed E-state index contributed by atoms with van der Waals surface area (Å²) < 4.78 is 5.80. The van der Waals surface area contributed by atoms with Crippen LogP contribution in [-0.4, -0.2) is 21.3 Å². The van der Waals surface area contributed by atoms with Crippen LogP contribution in [0.2, 0.25) is 0 Å². The number of carboxylic acid groups (broad SMARTS) is 1. The number of para-hydroxylation sites is 1. The molecule has 0 saturated heterocycles. The van der Waals surface area contributed by atoms with Crippen LogP contribution >= 0.6 is 0 Å². The molecule has 2 N–H and O–H groups in total. The lowest BCUT2D eigenvalue weighted by Crippen LogP contribution is -2.06. The first kappa shape index (κ1) is 15.1. The third-order valence-electron chi connectivity index (χ3n) is 3.66. The minimum absolute atomic E-state index is 0.138. The van der Waals surface area contributed by atoms with E-state index in [1.807, 2.05) is 24.3 Å². The molecule has 0 amide bonds. The van der Waals surface area contributed by atoms with Crippen molar-refractivity contribution in [1.82, 2.24) is 10.2 Å². The molecule has 0 radical (unpaired) electrons. The Morgan fingerprint density at radius 1 is 1.43 bits per heavy atom. The smallest absolute Gasteiger partial charge is 0.339 e. The molecule has 5 nitrogen and oxygen atoms in total. The zero-order valence-electron chi connectivity index (χ0n) is 12.5. The fraction of sp³-hybridized carbons (Fsp3) is 0.375. The van der Waals surface area contributed by atoms with E-state index in [0.717, 1.165) is 17.7 Å². The second kappa shape index (κ2) is 6.43. The van der Waals surface area contributed by atoms with Gasteiger partial charge in [0.15, 0.2) is 0 Å². The van der Waals surface area contributed by atoms with E-state index in [1.165, 1.54) is 0 Å². The molecule has 21 heavy (non-hydrogen) atoms. The SMILES string of the molecule is CCC(C)c1ccccc1OCc1n[nH]c(C)c1C(=O)O. The molecule has 1 atom stereocenters. The average molecular weight is 288 g/mol. The van der Waals surface area contributed by atoms with Gasteiger partial charge >= 0.3 is 5.97 Å². The molecule has 1 unspecified atom stereocenters. The first-order chi connectivity index (χ1) is 10.0. The van der Waals surface area contributed by atoms with Crippen LogP contribution in [0.4, 0.5) is 0 Å². The molecule has 0 aliphatic rings. The molecule has 1 heterocycles. The van der Waals surface area contributed by atoms with Gasteiger partial charge in [-0.1, -0.05) is 32.0 Å². The van der Waals surface area contributed by atoms with E-state index in [9.17, 15) is 9.90 Å².